The minimum absolute atomic E-state index is 0.151. The number of allylic oxidation sites excluding steroid dienone is 1. The molecule has 6 atom stereocenters. The number of H-pyrrole nitrogens is 1. The quantitative estimate of drug-likeness (QED) is 0.506. The molecule has 0 aliphatic heterocycles. The van der Waals surface area contributed by atoms with E-state index in [9.17, 15) is 9.59 Å². The second kappa shape index (κ2) is 7.74. The number of aromatic nitrogens is 4. The van der Waals surface area contributed by atoms with Crippen LogP contribution in [0.25, 0.3) is 16.6 Å². The molecule has 0 radical (unpaired) electrons. The van der Waals surface area contributed by atoms with Gasteiger partial charge in [-0.25, -0.2) is 9.78 Å². The number of hydrogen-bond acceptors (Lipinski definition) is 4. The third kappa shape index (κ3) is 3.02. The number of aromatic amines is 1. The summed E-state index contributed by atoms with van der Waals surface area (Å²) in [6, 6.07) is 9.97. The molecule has 1 N–H and O–H groups in total. The molecule has 186 valence electrons. The molecule has 7 rings (SSSR count). The molecule has 2 aromatic heterocycles. The van der Waals surface area contributed by atoms with Crippen LogP contribution >= 0.6 is 0 Å². The Labute approximate surface area is 211 Å². The second-order valence-electron chi connectivity index (χ2n) is 12.3. The first-order valence-corrected chi connectivity index (χ1v) is 13.7. The van der Waals surface area contributed by atoms with E-state index in [0.717, 1.165) is 36.2 Å². The van der Waals surface area contributed by atoms with E-state index in [1.807, 2.05) is 47.3 Å². The molecule has 36 heavy (non-hydrogen) atoms. The van der Waals surface area contributed by atoms with Crippen LogP contribution in [0.4, 0.5) is 0 Å². The SMILES string of the molecule is C[C@]12CCC(=O)C=C1CCC1C2CC[C@@]2(C)C1CC[C@@H]2c1n[nH]c(=O)c2cn(-c3ccccc3)nc12. The fourth-order valence-electron chi connectivity index (χ4n) is 8.92. The molecular formula is C30H34N4O2. The van der Waals surface area contributed by atoms with Gasteiger partial charge in [-0.3, -0.25) is 9.59 Å². The molecule has 3 fully saturated rings. The predicted molar refractivity (Wildman–Crippen MR) is 139 cm³/mol. The number of hydrogen-bond donors (Lipinski definition) is 1. The number of carbonyl (C=O) groups excluding carboxylic acids is 1. The minimum atomic E-state index is -0.175. The normalized spacial score (nSPS) is 35.7. The molecule has 3 saturated carbocycles. The highest BCUT2D eigenvalue weighted by Crippen LogP contribution is 2.68. The number of rotatable bonds is 2. The molecule has 1 aromatic carbocycles. The van der Waals surface area contributed by atoms with Gasteiger partial charge in [0.1, 0.15) is 5.52 Å². The molecular weight excluding hydrogens is 448 g/mol. The van der Waals surface area contributed by atoms with Crippen LogP contribution in [0.15, 0.2) is 53.0 Å². The zero-order chi connectivity index (χ0) is 24.7. The maximum Gasteiger partial charge on any atom is 0.275 e. The van der Waals surface area contributed by atoms with Gasteiger partial charge in [-0.1, -0.05) is 37.6 Å². The van der Waals surface area contributed by atoms with Crippen molar-refractivity contribution in [3.8, 4) is 5.69 Å². The van der Waals surface area contributed by atoms with Crippen molar-refractivity contribution in [2.75, 3.05) is 0 Å². The van der Waals surface area contributed by atoms with Gasteiger partial charge < -0.3 is 0 Å². The lowest BCUT2D eigenvalue weighted by molar-refractivity contribution is -0.117. The number of ketones is 1. The second-order valence-corrected chi connectivity index (χ2v) is 12.3. The smallest absolute Gasteiger partial charge is 0.275 e. The number of para-hydroxylation sites is 1. The lowest BCUT2D eigenvalue weighted by atomic mass is 9.46. The Balaban J connectivity index is 1.26. The van der Waals surface area contributed by atoms with Crippen LogP contribution in [-0.2, 0) is 4.79 Å². The molecule has 3 aromatic rings. The Bertz CT molecular complexity index is 1450. The van der Waals surface area contributed by atoms with Crippen molar-refractivity contribution in [3.05, 3.63) is 64.2 Å². The van der Waals surface area contributed by atoms with Crippen LogP contribution in [0.1, 0.15) is 76.8 Å². The largest absolute Gasteiger partial charge is 0.295 e. The number of nitrogens with one attached hydrogen (secondary N) is 1. The van der Waals surface area contributed by atoms with Crippen molar-refractivity contribution in [1.82, 2.24) is 20.0 Å². The van der Waals surface area contributed by atoms with Gasteiger partial charge in [-0.15, -0.1) is 0 Å². The van der Waals surface area contributed by atoms with Gasteiger partial charge in [-0.2, -0.15) is 10.2 Å². The molecule has 4 aliphatic carbocycles. The molecule has 0 amide bonds. The van der Waals surface area contributed by atoms with Gasteiger partial charge in [0.2, 0.25) is 0 Å². The third-order valence-corrected chi connectivity index (χ3v) is 10.8. The first kappa shape index (κ1) is 22.2. The summed E-state index contributed by atoms with van der Waals surface area (Å²) in [5.41, 5.74) is 4.25. The Hall–Kier alpha value is -3.02. The molecule has 0 spiro atoms. The predicted octanol–water partition coefficient (Wildman–Crippen LogP) is 5.72. The van der Waals surface area contributed by atoms with Crippen LogP contribution in [-0.4, -0.2) is 25.8 Å². The maximum atomic E-state index is 12.7. The Morgan fingerprint density at radius 2 is 1.81 bits per heavy atom. The standard InChI is InChI=1S/C30H34N4O2/c1-29-14-12-20(35)16-18(29)8-9-21-23-10-11-25(30(23,2)15-13-24(21)29)27-26-22(28(36)32-31-27)17-34(33-26)19-6-4-3-5-7-19/h3-7,16-17,21,23-25H,8-15H2,1-2H3,(H,32,36)/t21?,23?,24?,25-,29+,30+/m1/s1. The third-order valence-electron chi connectivity index (χ3n) is 10.8. The van der Waals surface area contributed by atoms with Crippen molar-refractivity contribution in [2.24, 2.45) is 28.6 Å². The summed E-state index contributed by atoms with van der Waals surface area (Å²) in [5.74, 6) is 2.63. The number of nitrogens with zero attached hydrogens (tertiary/aromatic N) is 3. The van der Waals surface area contributed by atoms with Crippen molar-refractivity contribution < 1.29 is 4.79 Å². The monoisotopic (exact) mass is 482 g/mol. The first-order valence-electron chi connectivity index (χ1n) is 13.7. The zero-order valence-electron chi connectivity index (χ0n) is 21.2. The summed E-state index contributed by atoms with van der Waals surface area (Å²) in [4.78, 5) is 24.9. The van der Waals surface area contributed by atoms with E-state index < -0.39 is 0 Å². The molecule has 6 heteroatoms. The number of carbonyl (C=O) groups is 1. The van der Waals surface area contributed by atoms with Gasteiger partial charge in [-0.05, 0) is 91.7 Å². The Kier molecular flexibility index (Phi) is 4.77. The Morgan fingerprint density at radius 1 is 0.972 bits per heavy atom. The van der Waals surface area contributed by atoms with E-state index in [0.29, 0.717) is 41.3 Å². The molecule has 2 heterocycles. The van der Waals surface area contributed by atoms with E-state index in [-0.39, 0.29) is 16.4 Å². The summed E-state index contributed by atoms with van der Waals surface area (Å²) in [6.07, 6.45) is 12.5. The van der Waals surface area contributed by atoms with E-state index in [1.165, 1.54) is 31.3 Å². The van der Waals surface area contributed by atoms with Crippen LogP contribution in [0.3, 0.4) is 0 Å². The summed E-state index contributed by atoms with van der Waals surface area (Å²) in [6.45, 7) is 4.93. The Morgan fingerprint density at radius 3 is 2.64 bits per heavy atom. The van der Waals surface area contributed by atoms with Gasteiger partial charge >= 0.3 is 0 Å². The van der Waals surface area contributed by atoms with Gasteiger partial charge in [0.25, 0.3) is 5.56 Å². The van der Waals surface area contributed by atoms with E-state index in [4.69, 9.17) is 5.10 Å². The molecule has 4 aliphatic rings. The summed E-state index contributed by atoms with van der Waals surface area (Å²) >= 11 is 0. The van der Waals surface area contributed by atoms with Crippen molar-refractivity contribution in [3.63, 3.8) is 0 Å². The topological polar surface area (TPSA) is 80.6 Å². The molecule has 0 saturated heterocycles. The lowest BCUT2D eigenvalue weighted by Gasteiger charge is -2.58. The van der Waals surface area contributed by atoms with Gasteiger partial charge in [0.05, 0.1) is 16.8 Å². The van der Waals surface area contributed by atoms with Crippen LogP contribution < -0.4 is 5.56 Å². The molecule has 0 bridgehead atoms. The van der Waals surface area contributed by atoms with Crippen LogP contribution in [0.2, 0.25) is 0 Å². The summed E-state index contributed by atoms with van der Waals surface area (Å²) in [7, 11) is 0. The van der Waals surface area contributed by atoms with Crippen molar-refractivity contribution in [2.45, 2.75) is 71.1 Å². The van der Waals surface area contributed by atoms with Gasteiger partial charge in [0.15, 0.2) is 5.78 Å². The number of benzene rings is 1. The highest BCUT2D eigenvalue weighted by molar-refractivity contribution is 5.91. The lowest BCUT2D eigenvalue weighted by Crippen LogP contribution is -2.50. The van der Waals surface area contributed by atoms with Crippen molar-refractivity contribution in [1.29, 1.82) is 0 Å². The summed E-state index contributed by atoms with van der Waals surface area (Å²) in [5, 5.41) is 13.0. The zero-order valence-corrected chi connectivity index (χ0v) is 21.2. The average molecular weight is 483 g/mol. The van der Waals surface area contributed by atoms with E-state index in [2.05, 4.69) is 24.0 Å². The maximum absolute atomic E-state index is 12.7. The number of fused-ring (bicyclic) bond motifs is 6. The molecule has 6 nitrogen and oxygen atoms in total. The van der Waals surface area contributed by atoms with E-state index in [1.54, 1.807) is 0 Å². The van der Waals surface area contributed by atoms with E-state index >= 15 is 0 Å². The fraction of sp³-hybridized carbons (Fsp3) is 0.533. The molecule has 3 unspecified atom stereocenters. The fourth-order valence-corrected chi connectivity index (χ4v) is 8.92. The van der Waals surface area contributed by atoms with Gasteiger partial charge in [0, 0.05) is 18.5 Å². The van der Waals surface area contributed by atoms with Crippen LogP contribution in [0.5, 0.6) is 0 Å². The van der Waals surface area contributed by atoms with Crippen molar-refractivity contribution >= 4 is 16.7 Å². The first-order chi connectivity index (χ1) is 17.4. The minimum Gasteiger partial charge on any atom is -0.295 e. The summed E-state index contributed by atoms with van der Waals surface area (Å²) < 4.78 is 1.82. The van der Waals surface area contributed by atoms with Crippen LogP contribution in [0, 0.1) is 28.6 Å². The average Bonchev–Trinajstić information content (AvgIpc) is 3.48. The highest BCUT2D eigenvalue weighted by Gasteiger charge is 2.59. The highest BCUT2D eigenvalue weighted by atomic mass is 16.1.